The number of ether oxygens (including phenoxy) is 1. The number of fused-ring (bicyclic) bond motifs is 1. The van der Waals surface area contributed by atoms with Gasteiger partial charge in [-0.3, -0.25) is 19.4 Å². The van der Waals surface area contributed by atoms with Gasteiger partial charge in [-0.15, -0.1) is 0 Å². The molecule has 0 radical (unpaired) electrons. The zero-order valence-corrected chi connectivity index (χ0v) is 15.6. The zero-order valence-electron chi connectivity index (χ0n) is 15.6. The second-order valence-electron chi connectivity index (χ2n) is 7.02. The van der Waals surface area contributed by atoms with Gasteiger partial charge in [-0.1, -0.05) is 18.2 Å². The van der Waals surface area contributed by atoms with Crippen molar-refractivity contribution in [3.05, 3.63) is 29.8 Å². The molecule has 2 aliphatic heterocycles. The normalized spacial score (nSPS) is 19.6. The van der Waals surface area contributed by atoms with Crippen molar-refractivity contribution in [1.29, 1.82) is 0 Å². The van der Waals surface area contributed by atoms with E-state index in [9.17, 15) is 9.59 Å². The number of benzene rings is 1. The summed E-state index contributed by atoms with van der Waals surface area (Å²) in [7, 11) is 0. The molecule has 3 rings (SSSR count). The van der Waals surface area contributed by atoms with Crippen LogP contribution in [0.25, 0.3) is 0 Å². The van der Waals surface area contributed by atoms with Gasteiger partial charge in [0.25, 0.3) is 0 Å². The van der Waals surface area contributed by atoms with E-state index >= 15 is 0 Å². The Kier molecular flexibility index (Phi) is 6.63. The fourth-order valence-electron chi connectivity index (χ4n) is 3.67. The summed E-state index contributed by atoms with van der Waals surface area (Å²) in [6.07, 6.45) is 3.11. The highest BCUT2D eigenvalue weighted by atomic mass is 16.5. The van der Waals surface area contributed by atoms with Crippen molar-refractivity contribution in [2.24, 2.45) is 0 Å². The Hall–Kier alpha value is -1.92. The van der Waals surface area contributed by atoms with Crippen LogP contribution in [0.15, 0.2) is 24.3 Å². The first-order chi connectivity index (χ1) is 12.7. The molecular formula is C20H29N3O3. The maximum absolute atomic E-state index is 12.6. The minimum atomic E-state index is -0.495. The van der Waals surface area contributed by atoms with Crippen LogP contribution in [0.5, 0.6) is 0 Å². The van der Waals surface area contributed by atoms with Gasteiger partial charge >= 0.3 is 0 Å². The molecule has 1 fully saturated rings. The molecule has 1 N–H and O–H groups in total. The van der Waals surface area contributed by atoms with Crippen molar-refractivity contribution in [3.8, 4) is 0 Å². The van der Waals surface area contributed by atoms with Gasteiger partial charge in [0.2, 0.25) is 11.8 Å². The van der Waals surface area contributed by atoms with Crippen molar-refractivity contribution in [1.82, 2.24) is 10.2 Å². The molecule has 1 aromatic carbocycles. The van der Waals surface area contributed by atoms with Gasteiger partial charge in [0.1, 0.15) is 6.04 Å². The predicted molar refractivity (Wildman–Crippen MR) is 101 cm³/mol. The van der Waals surface area contributed by atoms with Crippen LogP contribution in [0.1, 0.15) is 31.7 Å². The summed E-state index contributed by atoms with van der Waals surface area (Å²) in [6.45, 7) is 6.91. The highest BCUT2D eigenvalue weighted by Gasteiger charge is 2.30. The first-order valence-corrected chi connectivity index (χ1v) is 9.64. The van der Waals surface area contributed by atoms with E-state index in [1.807, 2.05) is 31.2 Å². The van der Waals surface area contributed by atoms with E-state index in [1.54, 1.807) is 4.90 Å². The van der Waals surface area contributed by atoms with Gasteiger partial charge in [0.15, 0.2) is 0 Å². The van der Waals surface area contributed by atoms with E-state index < -0.39 is 6.04 Å². The van der Waals surface area contributed by atoms with Crippen LogP contribution in [0.4, 0.5) is 5.69 Å². The largest absolute Gasteiger partial charge is 0.379 e. The van der Waals surface area contributed by atoms with E-state index in [0.717, 1.165) is 63.4 Å². The van der Waals surface area contributed by atoms with E-state index in [2.05, 4.69) is 10.2 Å². The number of para-hydroxylation sites is 1. The number of morpholine rings is 1. The van der Waals surface area contributed by atoms with Gasteiger partial charge in [-0.2, -0.15) is 0 Å². The summed E-state index contributed by atoms with van der Waals surface area (Å²) < 4.78 is 5.34. The molecule has 2 amide bonds. The van der Waals surface area contributed by atoms with Gasteiger partial charge in [0, 0.05) is 31.7 Å². The first kappa shape index (κ1) is 18.9. The third-order valence-electron chi connectivity index (χ3n) is 5.18. The number of aryl methyl sites for hydroxylation is 1. The summed E-state index contributed by atoms with van der Waals surface area (Å²) in [5, 5.41) is 3.00. The molecule has 142 valence electrons. The predicted octanol–water partition coefficient (Wildman–Crippen LogP) is 1.58. The lowest BCUT2D eigenvalue weighted by Gasteiger charge is -2.29. The van der Waals surface area contributed by atoms with Gasteiger partial charge in [0.05, 0.1) is 13.2 Å². The maximum atomic E-state index is 12.6. The molecule has 6 nitrogen and oxygen atoms in total. The fraction of sp³-hybridized carbons (Fsp3) is 0.600. The number of hydrogen-bond donors (Lipinski definition) is 1. The molecule has 0 spiro atoms. The molecule has 0 aromatic heterocycles. The third kappa shape index (κ3) is 4.62. The topological polar surface area (TPSA) is 61.9 Å². The molecule has 2 aliphatic rings. The standard InChI is InChI=1S/C20H29N3O3/c1-16(20(25)21-10-5-11-22-12-14-26-15-13-22)23-18-8-3-2-6-17(18)7-4-9-19(23)24/h2-3,6,8,16H,4-5,7,9-15H2,1H3,(H,21,25). The van der Waals surface area contributed by atoms with E-state index in [1.165, 1.54) is 0 Å². The Bertz CT molecular complexity index is 628. The monoisotopic (exact) mass is 359 g/mol. The van der Waals surface area contributed by atoms with E-state index in [0.29, 0.717) is 13.0 Å². The molecular weight excluding hydrogens is 330 g/mol. The highest BCUT2D eigenvalue weighted by Crippen LogP contribution is 2.28. The van der Waals surface area contributed by atoms with Crippen LogP contribution >= 0.6 is 0 Å². The van der Waals surface area contributed by atoms with Crippen molar-refractivity contribution >= 4 is 17.5 Å². The SMILES string of the molecule is CC(C(=O)NCCCN1CCOCC1)N1C(=O)CCCc2ccccc21. The summed E-state index contributed by atoms with van der Waals surface area (Å²) in [4.78, 5) is 29.2. The number of carbonyl (C=O) groups excluding carboxylic acids is 2. The van der Waals surface area contributed by atoms with Crippen molar-refractivity contribution in [2.45, 2.75) is 38.6 Å². The Morgan fingerprint density at radius 3 is 2.81 bits per heavy atom. The number of rotatable bonds is 6. The van der Waals surface area contributed by atoms with Crippen LogP contribution in [0, 0.1) is 0 Å². The maximum Gasteiger partial charge on any atom is 0.242 e. The molecule has 26 heavy (non-hydrogen) atoms. The molecule has 1 aromatic rings. The minimum Gasteiger partial charge on any atom is -0.379 e. The molecule has 0 saturated carbocycles. The Morgan fingerprint density at radius 1 is 1.23 bits per heavy atom. The summed E-state index contributed by atoms with van der Waals surface area (Å²) in [5.74, 6) is -0.0528. The first-order valence-electron chi connectivity index (χ1n) is 9.64. The summed E-state index contributed by atoms with van der Waals surface area (Å²) in [5.41, 5.74) is 2.02. The summed E-state index contributed by atoms with van der Waals surface area (Å²) >= 11 is 0. The molecule has 1 atom stereocenters. The van der Waals surface area contributed by atoms with Crippen molar-refractivity contribution in [2.75, 3.05) is 44.3 Å². The number of amides is 2. The Balaban J connectivity index is 1.54. The molecule has 0 aliphatic carbocycles. The van der Waals surface area contributed by atoms with Crippen LogP contribution in [0.3, 0.4) is 0 Å². The van der Waals surface area contributed by atoms with Crippen molar-refractivity contribution in [3.63, 3.8) is 0 Å². The van der Waals surface area contributed by atoms with Crippen LogP contribution in [-0.2, 0) is 20.7 Å². The van der Waals surface area contributed by atoms with Crippen LogP contribution in [-0.4, -0.2) is 62.1 Å². The average Bonchev–Trinajstić information content (AvgIpc) is 2.83. The fourth-order valence-corrected chi connectivity index (χ4v) is 3.67. The number of nitrogens with zero attached hydrogens (tertiary/aromatic N) is 2. The number of nitrogens with one attached hydrogen (secondary N) is 1. The van der Waals surface area contributed by atoms with E-state index in [4.69, 9.17) is 4.74 Å². The number of carbonyl (C=O) groups is 2. The number of anilines is 1. The molecule has 6 heteroatoms. The second kappa shape index (κ2) is 9.14. The van der Waals surface area contributed by atoms with Crippen LogP contribution in [0.2, 0.25) is 0 Å². The smallest absolute Gasteiger partial charge is 0.242 e. The summed E-state index contributed by atoms with van der Waals surface area (Å²) in [6, 6.07) is 7.42. The van der Waals surface area contributed by atoms with Gasteiger partial charge in [-0.05, 0) is 44.4 Å². The quantitative estimate of drug-likeness (QED) is 0.784. The molecule has 1 unspecified atom stereocenters. The van der Waals surface area contributed by atoms with Gasteiger partial charge in [-0.25, -0.2) is 0 Å². The third-order valence-corrected chi connectivity index (χ3v) is 5.18. The average molecular weight is 359 g/mol. The lowest BCUT2D eigenvalue weighted by atomic mass is 10.1. The lowest BCUT2D eigenvalue weighted by Crippen LogP contribution is -2.48. The second-order valence-corrected chi connectivity index (χ2v) is 7.02. The molecule has 2 heterocycles. The Morgan fingerprint density at radius 2 is 2.00 bits per heavy atom. The van der Waals surface area contributed by atoms with Crippen molar-refractivity contribution < 1.29 is 14.3 Å². The zero-order chi connectivity index (χ0) is 18.4. The Labute approximate surface area is 155 Å². The number of hydrogen-bond acceptors (Lipinski definition) is 4. The lowest BCUT2D eigenvalue weighted by molar-refractivity contribution is -0.126. The minimum absolute atomic E-state index is 0.0333. The van der Waals surface area contributed by atoms with E-state index in [-0.39, 0.29) is 11.8 Å². The molecule has 1 saturated heterocycles. The highest BCUT2D eigenvalue weighted by molar-refractivity contribution is 6.01. The van der Waals surface area contributed by atoms with Crippen LogP contribution < -0.4 is 10.2 Å². The van der Waals surface area contributed by atoms with Gasteiger partial charge < -0.3 is 10.1 Å². The molecule has 0 bridgehead atoms.